The van der Waals surface area contributed by atoms with Crippen molar-refractivity contribution in [1.82, 2.24) is 4.90 Å². The monoisotopic (exact) mass is 597 g/mol. The van der Waals surface area contributed by atoms with Crippen LogP contribution in [0.25, 0.3) is 20.5 Å². The molecular weight excluding hydrogens is 561 g/mol. The summed E-state index contributed by atoms with van der Waals surface area (Å²) >= 11 is 1.68. The molecule has 1 aliphatic heterocycles. The van der Waals surface area contributed by atoms with Gasteiger partial charge in [0.05, 0.1) is 18.7 Å². The standard InChI is InChI=1S/C36H36FNO4S/c1-25(38-19-18-27(21-37)22-38)23-40-30-12-14-31(15-13-30)42-35-33-17-16-32(41-24-26-6-4-3-5-7-26)20-34(33)43-36(35)28-8-10-29(39-2)11-9-28/h3-17,20,25,27H,18-19,21-24H2,1-2H3/t25-,27-/m0/s1. The van der Waals surface area contributed by atoms with Gasteiger partial charge in [0, 0.05) is 28.6 Å². The molecule has 0 spiro atoms. The number of likely N-dealkylation sites (tertiary alicyclic amines) is 1. The average Bonchev–Trinajstić information content (AvgIpc) is 3.69. The maximum atomic E-state index is 13.0. The van der Waals surface area contributed by atoms with Crippen molar-refractivity contribution in [3.8, 4) is 39.2 Å². The second-order valence-electron chi connectivity index (χ2n) is 11.0. The molecule has 7 heteroatoms. The highest BCUT2D eigenvalue weighted by atomic mass is 32.1. The van der Waals surface area contributed by atoms with E-state index in [0.717, 1.165) is 74.3 Å². The van der Waals surface area contributed by atoms with Crippen LogP contribution in [0.4, 0.5) is 4.39 Å². The third kappa shape index (κ3) is 6.95. The van der Waals surface area contributed by atoms with Gasteiger partial charge in [-0.05, 0) is 97.7 Å². The van der Waals surface area contributed by atoms with Gasteiger partial charge in [0.2, 0.25) is 0 Å². The van der Waals surface area contributed by atoms with Crippen LogP contribution in [0.15, 0.2) is 97.1 Å². The number of hydrogen-bond acceptors (Lipinski definition) is 6. The Bertz CT molecular complexity index is 1620. The van der Waals surface area contributed by atoms with Gasteiger partial charge in [-0.25, -0.2) is 0 Å². The Kier molecular flexibility index (Phi) is 9.10. The van der Waals surface area contributed by atoms with E-state index in [1.165, 1.54) is 0 Å². The largest absolute Gasteiger partial charge is 0.497 e. The fourth-order valence-electron chi connectivity index (χ4n) is 5.35. The van der Waals surface area contributed by atoms with Crippen LogP contribution in [0.1, 0.15) is 18.9 Å². The van der Waals surface area contributed by atoms with Gasteiger partial charge >= 0.3 is 0 Å². The van der Waals surface area contributed by atoms with Crippen molar-refractivity contribution < 1.29 is 23.3 Å². The maximum absolute atomic E-state index is 13.0. The number of fused-ring (bicyclic) bond motifs is 1. The van der Waals surface area contributed by atoms with Crippen LogP contribution in [0.2, 0.25) is 0 Å². The van der Waals surface area contributed by atoms with E-state index in [4.69, 9.17) is 18.9 Å². The van der Waals surface area contributed by atoms with Crippen LogP contribution in [0.5, 0.6) is 28.7 Å². The molecule has 5 nitrogen and oxygen atoms in total. The summed E-state index contributed by atoms with van der Waals surface area (Å²) in [6.07, 6.45) is 0.921. The molecule has 6 rings (SSSR count). The van der Waals surface area contributed by atoms with Crippen LogP contribution in [-0.4, -0.2) is 44.4 Å². The smallest absolute Gasteiger partial charge is 0.153 e. The lowest BCUT2D eigenvalue weighted by atomic mass is 10.1. The van der Waals surface area contributed by atoms with Crippen LogP contribution in [0, 0.1) is 5.92 Å². The van der Waals surface area contributed by atoms with Gasteiger partial charge in [-0.15, -0.1) is 11.3 Å². The van der Waals surface area contributed by atoms with E-state index in [2.05, 4.69) is 48.2 Å². The molecule has 4 aromatic carbocycles. The summed E-state index contributed by atoms with van der Waals surface area (Å²) < 4.78 is 38.2. The fraction of sp³-hybridized carbons (Fsp3) is 0.278. The molecule has 1 saturated heterocycles. The Labute approximate surface area is 256 Å². The van der Waals surface area contributed by atoms with E-state index in [0.29, 0.717) is 13.2 Å². The number of thiophene rings is 1. The Morgan fingerprint density at radius 2 is 1.58 bits per heavy atom. The number of benzene rings is 4. The second kappa shape index (κ2) is 13.5. The van der Waals surface area contributed by atoms with E-state index in [1.807, 2.05) is 60.7 Å². The number of rotatable bonds is 12. The molecular formula is C36H36FNO4S. The van der Waals surface area contributed by atoms with Gasteiger partial charge in [-0.2, -0.15) is 0 Å². The van der Waals surface area contributed by atoms with Crippen LogP contribution in [0.3, 0.4) is 0 Å². The molecule has 0 unspecified atom stereocenters. The van der Waals surface area contributed by atoms with Gasteiger partial charge in [0.1, 0.15) is 36.2 Å². The summed E-state index contributed by atoms with van der Waals surface area (Å²) in [7, 11) is 1.67. The minimum absolute atomic E-state index is 0.156. The molecule has 1 aromatic heterocycles. The van der Waals surface area contributed by atoms with Crippen molar-refractivity contribution in [3.05, 3.63) is 103 Å². The van der Waals surface area contributed by atoms with Gasteiger partial charge in [-0.1, -0.05) is 30.3 Å². The maximum Gasteiger partial charge on any atom is 0.153 e. The molecule has 2 atom stereocenters. The lowest BCUT2D eigenvalue weighted by Crippen LogP contribution is -2.35. The lowest BCUT2D eigenvalue weighted by molar-refractivity contribution is 0.165. The Morgan fingerprint density at radius 1 is 0.860 bits per heavy atom. The molecule has 0 bridgehead atoms. The van der Waals surface area contributed by atoms with Gasteiger partial charge in [-0.3, -0.25) is 9.29 Å². The summed E-state index contributed by atoms with van der Waals surface area (Å²) in [5, 5.41) is 1.02. The third-order valence-electron chi connectivity index (χ3n) is 7.91. The fourth-order valence-corrected chi connectivity index (χ4v) is 6.51. The first kappa shape index (κ1) is 29.0. The number of hydrogen-bond donors (Lipinski definition) is 0. The van der Waals surface area contributed by atoms with Crippen LogP contribution < -0.4 is 18.9 Å². The highest BCUT2D eigenvalue weighted by Gasteiger charge is 2.26. The van der Waals surface area contributed by atoms with E-state index in [1.54, 1.807) is 18.4 Å². The topological polar surface area (TPSA) is 40.2 Å². The van der Waals surface area contributed by atoms with Crippen molar-refractivity contribution in [2.24, 2.45) is 5.92 Å². The average molecular weight is 598 g/mol. The Morgan fingerprint density at radius 3 is 2.30 bits per heavy atom. The molecule has 1 fully saturated rings. The lowest BCUT2D eigenvalue weighted by Gasteiger charge is -2.24. The number of methoxy groups -OCH3 is 1. The second-order valence-corrected chi connectivity index (χ2v) is 12.0. The van der Waals surface area contributed by atoms with Gasteiger partial charge in [0.25, 0.3) is 0 Å². The Hall–Kier alpha value is -4.07. The molecule has 0 radical (unpaired) electrons. The summed E-state index contributed by atoms with van der Waals surface area (Å²) in [4.78, 5) is 3.34. The molecule has 5 aromatic rings. The molecule has 0 N–H and O–H groups in total. The van der Waals surface area contributed by atoms with E-state index in [-0.39, 0.29) is 18.6 Å². The molecule has 222 valence electrons. The summed E-state index contributed by atoms with van der Waals surface area (Å²) in [6.45, 7) is 4.70. The highest BCUT2D eigenvalue weighted by molar-refractivity contribution is 7.22. The van der Waals surface area contributed by atoms with Crippen molar-refractivity contribution in [2.45, 2.75) is 26.0 Å². The van der Waals surface area contributed by atoms with Crippen LogP contribution in [-0.2, 0) is 6.61 Å². The number of ether oxygens (including phenoxy) is 4. The zero-order valence-corrected chi connectivity index (χ0v) is 25.3. The van der Waals surface area contributed by atoms with Gasteiger partial charge in [0.15, 0.2) is 5.75 Å². The number of nitrogens with zero attached hydrogens (tertiary/aromatic N) is 1. The van der Waals surface area contributed by atoms with Crippen molar-refractivity contribution >= 4 is 21.4 Å². The summed E-state index contributed by atoms with van der Waals surface area (Å²) in [5.74, 6) is 4.09. The normalized spacial score (nSPS) is 15.8. The minimum atomic E-state index is -0.242. The summed E-state index contributed by atoms with van der Waals surface area (Å²) in [5.41, 5.74) is 2.18. The molecule has 43 heavy (non-hydrogen) atoms. The number of alkyl halides is 1. The zero-order chi connectivity index (χ0) is 29.6. The predicted octanol–water partition coefficient (Wildman–Crippen LogP) is 9.01. The minimum Gasteiger partial charge on any atom is -0.497 e. The molecule has 0 aliphatic carbocycles. The predicted molar refractivity (Wildman–Crippen MR) is 172 cm³/mol. The van der Waals surface area contributed by atoms with Crippen molar-refractivity contribution in [2.75, 3.05) is 33.5 Å². The van der Waals surface area contributed by atoms with Gasteiger partial charge < -0.3 is 18.9 Å². The molecule has 1 aliphatic rings. The highest BCUT2D eigenvalue weighted by Crippen LogP contribution is 2.47. The SMILES string of the molecule is COc1ccc(-c2sc3cc(OCc4ccccc4)ccc3c2Oc2ccc(OC[C@H](C)N3CC[C@@H](CF)C3)cc2)cc1. The van der Waals surface area contributed by atoms with Crippen molar-refractivity contribution in [1.29, 1.82) is 0 Å². The third-order valence-corrected chi connectivity index (χ3v) is 9.09. The Balaban J connectivity index is 1.20. The number of halogens is 1. The first-order valence-electron chi connectivity index (χ1n) is 14.7. The zero-order valence-electron chi connectivity index (χ0n) is 24.5. The molecule has 0 saturated carbocycles. The molecule has 2 heterocycles. The first-order valence-corrected chi connectivity index (χ1v) is 15.5. The van der Waals surface area contributed by atoms with Crippen LogP contribution >= 0.6 is 11.3 Å². The van der Waals surface area contributed by atoms with E-state index >= 15 is 0 Å². The quantitative estimate of drug-likeness (QED) is 0.144. The van der Waals surface area contributed by atoms with E-state index < -0.39 is 0 Å². The van der Waals surface area contributed by atoms with Crippen molar-refractivity contribution in [3.63, 3.8) is 0 Å². The summed E-state index contributed by atoms with van der Waals surface area (Å²) in [6, 6.07) is 32.3. The molecule has 0 amide bonds. The first-order chi connectivity index (χ1) is 21.1. The van der Waals surface area contributed by atoms with E-state index in [9.17, 15) is 4.39 Å².